The molecule has 1 aliphatic heterocycles. The molecule has 0 saturated heterocycles. The molecule has 144 valence electrons. The molecule has 0 atom stereocenters. The van der Waals surface area contributed by atoms with Gasteiger partial charge in [-0.05, 0) is 30.7 Å². The second-order valence-electron chi connectivity index (χ2n) is 6.81. The Bertz CT molecular complexity index is 1090. The standard InChI is InChI=1S/C20H18ClN3O4/c1-10-2-3-11(6-15(10)22)20(27)24-5-4-16-13(9-24)19(28-23-16)12-7-14(21)18(26)8-17(12)25/h2-3,6-8,25-26H,4-5,9,22H2,1H3. The summed E-state index contributed by atoms with van der Waals surface area (Å²) >= 11 is 5.97. The third-order valence-electron chi connectivity index (χ3n) is 4.96. The van der Waals surface area contributed by atoms with Crippen molar-refractivity contribution < 1.29 is 19.5 Å². The third kappa shape index (κ3) is 3.03. The van der Waals surface area contributed by atoms with Crippen LogP contribution in [-0.4, -0.2) is 32.7 Å². The van der Waals surface area contributed by atoms with Gasteiger partial charge in [-0.25, -0.2) is 0 Å². The van der Waals surface area contributed by atoms with Gasteiger partial charge >= 0.3 is 0 Å². The molecule has 0 unspecified atom stereocenters. The molecule has 4 N–H and O–H groups in total. The highest BCUT2D eigenvalue weighted by Gasteiger charge is 2.29. The normalized spacial score (nSPS) is 13.4. The largest absolute Gasteiger partial charge is 0.507 e. The molecule has 4 rings (SSSR count). The molecule has 3 aromatic rings. The molecule has 7 nitrogen and oxygen atoms in total. The van der Waals surface area contributed by atoms with Crippen molar-refractivity contribution >= 4 is 23.2 Å². The van der Waals surface area contributed by atoms with Crippen LogP contribution in [0.25, 0.3) is 11.3 Å². The first-order valence-corrected chi connectivity index (χ1v) is 9.07. The van der Waals surface area contributed by atoms with Crippen molar-refractivity contribution in [3.63, 3.8) is 0 Å². The van der Waals surface area contributed by atoms with Crippen molar-refractivity contribution in [3.8, 4) is 22.8 Å². The molecule has 0 spiro atoms. The lowest BCUT2D eigenvalue weighted by molar-refractivity contribution is 0.0734. The summed E-state index contributed by atoms with van der Waals surface area (Å²) in [6, 6.07) is 7.80. The summed E-state index contributed by atoms with van der Waals surface area (Å²) in [6.45, 7) is 2.65. The maximum atomic E-state index is 12.9. The highest BCUT2D eigenvalue weighted by atomic mass is 35.5. The number of benzene rings is 2. The van der Waals surface area contributed by atoms with E-state index in [-0.39, 0.29) is 29.0 Å². The van der Waals surface area contributed by atoms with Crippen LogP contribution in [0.2, 0.25) is 5.02 Å². The van der Waals surface area contributed by atoms with Gasteiger partial charge in [0.25, 0.3) is 5.91 Å². The van der Waals surface area contributed by atoms with E-state index in [4.69, 9.17) is 21.9 Å². The highest BCUT2D eigenvalue weighted by Crippen LogP contribution is 2.40. The van der Waals surface area contributed by atoms with Gasteiger partial charge in [0.05, 0.1) is 22.8 Å². The minimum absolute atomic E-state index is 0.0804. The number of phenols is 2. The second kappa shape index (κ2) is 6.76. The van der Waals surface area contributed by atoms with Crippen LogP contribution in [0.3, 0.4) is 0 Å². The van der Waals surface area contributed by atoms with E-state index < -0.39 is 0 Å². The summed E-state index contributed by atoms with van der Waals surface area (Å²) in [5.41, 5.74) is 9.68. The zero-order chi connectivity index (χ0) is 20.0. The van der Waals surface area contributed by atoms with E-state index in [1.54, 1.807) is 17.0 Å². The lowest BCUT2D eigenvalue weighted by Crippen LogP contribution is -2.36. The number of rotatable bonds is 2. The summed E-state index contributed by atoms with van der Waals surface area (Å²) in [5, 5.41) is 24.0. The molecule has 1 amide bonds. The number of nitrogens with two attached hydrogens (primary N) is 1. The predicted molar refractivity (Wildman–Crippen MR) is 104 cm³/mol. The smallest absolute Gasteiger partial charge is 0.254 e. The van der Waals surface area contributed by atoms with E-state index in [9.17, 15) is 15.0 Å². The number of amides is 1. The minimum Gasteiger partial charge on any atom is -0.507 e. The maximum absolute atomic E-state index is 12.9. The molecule has 2 aromatic carbocycles. The first-order chi connectivity index (χ1) is 13.3. The lowest BCUT2D eigenvalue weighted by atomic mass is 10.00. The van der Waals surface area contributed by atoms with E-state index in [2.05, 4.69) is 5.16 Å². The molecule has 8 heteroatoms. The van der Waals surface area contributed by atoms with Crippen LogP contribution in [-0.2, 0) is 13.0 Å². The number of aryl methyl sites for hydroxylation is 1. The van der Waals surface area contributed by atoms with Gasteiger partial charge in [-0.3, -0.25) is 4.79 Å². The summed E-state index contributed by atoms with van der Waals surface area (Å²) in [4.78, 5) is 14.6. The number of fused-ring (bicyclic) bond motifs is 1. The second-order valence-corrected chi connectivity index (χ2v) is 7.21. The number of hydrogen-bond donors (Lipinski definition) is 3. The molecule has 0 bridgehead atoms. The lowest BCUT2D eigenvalue weighted by Gasteiger charge is -2.26. The van der Waals surface area contributed by atoms with Gasteiger partial charge in [0, 0.05) is 35.8 Å². The summed E-state index contributed by atoms with van der Waals surface area (Å²) in [5.74, 6) is -0.228. The number of carbonyl (C=O) groups is 1. The molecular weight excluding hydrogens is 382 g/mol. The number of phenolic OH excluding ortho intramolecular Hbond substituents is 2. The topological polar surface area (TPSA) is 113 Å². The number of aromatic hydroxyl groups is 2. The third-order valence-corrected chi connectivity index (χ3v) is 5.26. The Morgan fingerprint density at radius 2 is 2.04 bits per heavy atom. The van der Waals surface area contributed by atoms with Crippen molar-refractivity contribution in [2.24, 2.45) is 0 Å². The fourth-order valence-corrected chi connectivity index (χ4v) is 3.45. The first-order valence-electron chi connectivity index (χ1n) is 8.70. The zero-order valence-electron chi connectivity index (χ0n) is 15.1. The summed E-state index contributed by atoms with van der Waals surface area (Å²) < 4.78 is 5.44. The highest BCUT2D eigenvalue weighted by molar-refractivity contribution is 6.32. The van der Waals surface area contributed by atoms with Crippen LogP contribution < -0.4 is 5.73 Å². The summed E-state index contributed by atoms with van der Waals surface area (Å²) in [7, 11) is 0. The zero-order valence-corrected chi connectivity index (χ0v) is 15.8. The number of nitrogen functional groups attached to an aromatic ring is 1. The minimum atomic E-state index is -0.231. The maximum Gasteiger partial charge on any atom is 0.254 e. The Morgan fingerprint density at radius 3 is 2.79 bits per heavy atom. The quantitative estimate of drug-likeness (QED) is 0.568. The van der Waals surface area contributed by atoms with Gasteiger partial charge in [0.15, 0.2) is 5.76 Å². The fourth-order valence-electron chi connectivity index (χ4n) is 3.29. The number of carbonyl (C=O) groups excluding carboxylic acids is 1. The van der Waals surface area contributed by atoms with Gasteiger partial charge in [-0.1, -0.05) is 22.8 Å². The van der Waals surface area contributed by atoms with Gasteiger partial charge in [-0.15, -0.1) is 0 Å². The van der Waals surface area contributed by atoms with E-state index in [1.807, 2.05) is 13.0 Å². The molecule has 28 heavy (non-hydrogen) atoms. The van der Waals surface area contributed by atoms with Gasteiger partial charge in [0.2, 0.25) is 0 Å². The number of nitrogens with zero attached hydrogens (tertiary/aromatic N) is 2. The van der Waals surface area contributed by atoms with E-state index in [0.717, 1.165) is 17.3 Å². The molecule has 0 radical (unpaired) electrons. The van der Waals surface area contributed by atoms with E-state index in [0.29, 0.717) is 41.1 Å². The van der Waals surface area contributed by atoms with Crippen LogP contribution in [0.4, 0.5) is 5.69 Å². The number of aromatic nitrogens is 1. The monoisotopic (exact) mass is 399 g/mol. The molecule has 1 aromatic heterocycles. The Labute approximate surface area is 165 Å². The summed E-state index contributed by atoms with van der Waals surface area (Å²) in [6.07, 6.45) is 0.526. The van der Waals surface area contributed by atoms with Gasteiger partial charge < -0.3 is 25.4 Å². The molecular formula is C20H18ClN3O4. The molecule has 0 fully saturated rings. The van der Waals surface area contributed by atoms with E-state index in [1.165, 1.54) is 6.07 Å². The van der Waals surface area contributed by atoms with Crippen LogP contribution in [0.1, 0.15) is 27.2 Å². The molecule has 1 aliphatic rings. The van der Waals surface area contributed by atoms with Crippen LogP contribution in [0.15, 0.2) is 34.9 Å². The Kier molecular flexibility index (Phi) is 4.39. The van der Waals surface area contributed by atoms with Crippen LogP contribution >= 0.6 is 11.6 Å². The molecule has 0 aliphatic carbocycles. The average Bonchev–Trinajstić information content (AvgIpc) is 3.09. The van der Waals surface area contributed by atoms with Crippen molar-refractivity contribution in [2.45, 2.75) is 19.9 Å². The predicted octanol–water partition coefficient (Wildman–Crippen LogP) is 3.50. The van der Waals surface area contributed by atoms with E-state index >= 15 is 0 Å². The van der Waals surface area contributed by atoms with Gasteiger partial charge in [0.1, 0.15) is 11.5 Å². The molecule has 0 saturated carbocycles. The SMILES string of the molecule is Cc1ccc(C(=O)N2CCc3noc(-c4cc(Cl)c(O)cc4O)c3C2)cc1N. The number of hydrogen-bond acceptors (Lipinski definition) is 6. The first kappa shape index (κ1) is 18.2. The number of halogens is 1. The fraction of sp³-hybridized carbons (Fsp3) is 0.200. The Hall–Kier alpha value is -3.19. The Balaban J connectivity index is 1.67. The molecule has 2 heterocycles. The van der Waals surface area contributed by atoms with Crippen molar-refractivity contribution in [1.29, 1.82) is 0 Å². The van der Waals surface area contributed by atoms with Crippen molar-refractivity contribution in [3.05, 3.63) is 57.7 Å². The number of anilines is 1. The van der Waals surface area contributed by atoms with Crippen molar-refractivity contribution in [1.82, 2.24) is 10.1 Å². The Morgan fingerprint density at radius 1 is 1.25 bits per heavy atom. The van der Waals surface area contributed by atoms with Crippen LogP contribution in [0, 0.1) is 6.92 Å². The van der Waals surface area contributed by atoms with Gasteiger partial charge in [-0.2, -0.15) is 0 Å². The average molecular weight is 400 g/mol. The van der Waals surface area contributed by atoms with Crippen LogP contribution in [0.5, 0.6) is 11.5 Å². The van der Waals surface area contributed by atoms with Crippen molar-refractivity contribution in [2.75, 3.05) is 12.3 Å².